The fourth-order valence-electron chi connectivity index (χ4n) is 2.14. The van der Waals surface area contributed by atoms with Crippen LogP contribution in [-0.4, -0.2) is 35.9 Å². The molecule has 0 aromatic heterocycles. The maximum Gasteiger partial charge on any atom is 0.335 e. The molecule has 3 N–H and O–H groups in total. The number of ether oxygens (including phenoxy) is 1. The average molecular weight is 278 g/mol. The predicted octanol–water partition coefficient (Wildman–Crippen LogP) is 1.36. The minimum Gasteiger partial charge on any atom is -0.478 e. The standard InChI is InChI=1S/C14H18N2O4/c1-9-12(5-6-20-9)16-14(19)15-8-10-3-2-4-11(7-10)13(17)18/h2-4,7,9,12H,5-6,8H2,1H3,(H,17,18)(H2,15,16,19). The van der Waals surface area contributed by atoms with Crippen molar-refractivity contribution in [3.8, 4) is 0 Å². The summed E-state index contributed by atoms with van der Waals surface area (Å²) in [7, 11) is 0. The fraction of sp³-hybridized carbons (Fsp3) is 0.429. The van der Waals surface area contributed by atoms with Crippen molar-refractivity contribution in [1.82, 2.24) is 10.6 Å². The number of carboxylic acid groups (broad SMARTS) is 1. The van der Waals surface area contributed by atoms with Crippen LogP contribution in [0.1, 0.15) is 29.3 Å². The third kappa shape index (κ3) is 3.71. The van der Waals surface area contributed by atoms with Crippen LogP contribution < -0.4 is 10.6 Å². The van der Waals surface area contributed by atoms with Gasteiger partial charge in [0.25, 0.3) is 0 Å². The number of hydrogen-bond donors (Lipinski definition) is 3. The van der Waals surface area contributed by atoms with E-state index in [1.165, 1.54) is 6.07 Å². The van der Waals surface area contributed by atoms with Crippen molar-refractivity contribution in [2.24, 2.45) is 0 Å². The number of hydrogen-bond acceptors (Lipinski definition) is 3. The molecule has 0 spiro atoms. The highest BCUT2D eigenvalue weighted by atomic mass is 16.5. The normalized spacial score (nSPS) is 21.4. The van der Waals surface area contributed by atoms with Crippen molar-refractivity contribution in [3.05, 3.63) is 35.4 Å². The second-order valence-electron chi connectivity index (χ2n) is 4.80. The van der Waals surface area contributed by atoms with E-state index >= 15 is 0 Å². The molecule has 6 heteroatoms. The van der Waals surface area contributed by atoms with Gasteiger partial charge in [0, 0.05) is 13.2 Å². The Kier molecular flexibility index (Phi) is 4.57. The van der Waals surface area contributed by atoms with Gasteiger partial charge in [-0.15, -0.1) is 0 Å². The smallest absolute Gasteiger partial charge is 0.335 e. The molecule has 1 aromatic rings. The molecule has 0 bridgehead atoms. The van der Waals surface area contributed by atoms with Crippen molar-refractivity contribution in [1.29, 1.82) is 0 Å². The number of amides is 2. The molecule has 1 heterocycles. The Labute approximate surface area is 117 Å². The van der Waals surface area contributed by atoms with Crippen molar-refractivity contribution in [3.63, 3.8) is 0 Å². The number of nitrogens with one attached hydrogen (secondary N) is 2. The molecule has 0 aliphatic carbocycles. The SMILES string of the molecule is CC1OCCC1NC(=O)NCc1cccc(C(=O)O)c1. The fourth-order valence-corrected chi connectivity index (χ4v) is 2.14. The van der Waals surface area contributed by atoms with Crippen LogP contribution in [0.2, 0.25) is 0 Å². The number of rotatable bonds is 4. The van der Waals surface area contributed by atoms with Crippen molar-refractivity contribution < 1.29 is 19.4 Å². The first kappa shape index (κ1) is 14.3. The summed E-state index contributed by atoms with van der Waals surface area (Å²) in [6.45, 7) is 2.87. The highest BCUT2D eigenvalue weighted by Gasteiger charge is 2.25. The Morgan fingerprint density at radius 2 is 2.25 bits per heavy atom. The van der Waals surface area contributed by atoms with Crippen LogP contribution in [0.5, 0.6) is 0 Å². The van der Waals surface area contributed by atoms with E-state index in [9.17, 15) is 9.59 Å². The van der Waals surface area contributed by atoms with Gasteiger partial charge in [0.1, 0.15) is 0 Å². The zero-order chi connectivity index (χ0) is 14.5. The number of carboxylic acids is 1. The molecule has 0 saturated carbocycles. The van der Waals surface area contributed by atoms with Crippen molar-refractivity contribution in [2.45, 2.75) is 32.0 Å². The summed E-state index contributed by atoms with van der Waals surface area (Å²) >= 11 is 0. The number of benzene rings is 1. The maximum absolute atomic E-state index is 11.7. The van der Waals surface area contributed by atoms with E-state index in [2.05, 4.69) is 10.6 Å². The molecule has 1 aliphatic heterocycles. The molecule has 2 atom stereocenters. The van der Waals surface area contributed by atoms with Crippen LogP contribution in [-0.2, 0) is 11.3 Å². The lowest BCUT2D eigenvalue weighted by molar-refractivity contribution is 0.0696. The van der Waals surface area contributed by atoms with Crippen LogP contribution in [0.25, 0.3) is 0 Å². The Morgan fingerprint density at radius 1 is 1.45 bits per heavy atom. The Balaban J connectivity index is 1.84. The molecule has 1 saturated heterocycles. The summed E-state index contributed by atoms with van der Waals surface area (Å²) < 4.78 is 5.36. The van der Waals surface area contributed by atoms with Gasteiger partial charge in [0.2, 0.25) is 0 Å². The van der Waals surface area contributed by atoms with E-state index in [4.69, 9.17) is 9.84 Å². The summed E-state index contributed by atoms with van der Waals surface area (Å²) in [4.78, 5) is 22.6. The van der Waals surface area contributed by atoms with E-state index < -0.39 is 5.97 Å². The maximum atomic E-state index is 11.7. The van der Waals surface area contributed by atoms with Crippen LogP contribution in [0.15, 0.2) is 24.3 Å². The van der Waals surface area contributed by atoms with Crippen LogP contribution in [0.3, 0.4) is 0 Å². The Bertz CT molecular complexity index is 504. The third-order valence-electron chi connectivity index (χ3n) is 3.32. The van der Waals surface area contributed by atoms with Gasteiger partial charge in [-0.25, -0.2) is 9.59 Å². The zero-order valence-electron chi connectivity index (χ0n) is 11.3. The zero-order valence-corrected chi connectivity index (χ0v) is 11.3. The largest absolute Gasteiger partial charge is 0.478 e. The lowest BCUT2D eigenvalue weighted by atomic mass is 10.1. The lowest BCUT2D eigenvalue weighted by Crippen LogP contribution is -2.44. The van der Waals surface area contributed by atoms with Gasteiger partial charge in [0.15, 0.2) is 0 Å². The molecule has 6 nitrogen and oxygen atoms in total. The Hall–Kier alpha value is -2.08. The molecule has 1 fully saturated rings. The Morgan fingerprint density at radius 3 is 2.90 bits per heavy atom. The molecular weight excluding hydrogens is 260 g/mol. The van der Waals surface area contributed by atoms with E-state index in [-0.39, 0.29) is 30.3 Å². The van der Waals surface area contributed by atoms with Crippen molar-refractivity contribution in [2.75, 3.05) is 6.61 Å². The number of urea groups is 1. The second-order valence-corrected chi connectivity index (χ2v) is 4.80. The summed E-state index contributed by atoms with van der Waals surface area (Å²) in [5.74, 6) is -0.978. The summed E-state index contributed by atoms with van der Waals surface area (Å²) in [5, 5.41) is 14.5. The summed E-state index contributed by atoms with van der Waals surface area (Å²) in [6.07, 6.45) is 0.833. The minimum atomic E-state index is -0.978. The molecule has 1 aliphatic rings. The van der Waals surface area contributed by atoms with E-state index in [0.717, 1.165) is 12.0 Å². The molecular formula is C14H18N2O4. The molecule has 2 amide bonds. The number of carbonyl (C=O) groups is 2. The number of carbonyl (C=O) groups excluding carboxylic acids is 1. The van der Waals surface area contributed by atoms with Gasteiger partial charge < -0.3 is 20.5 Å². The van der Waals surface area contributed by atoms with E-state index in [0.29, 0.717) is 6.61 Å². The molecule has 2 unspecified atom stereocenters. The van der Waals surface area contributed by atoms with E-state index in [1.807, 2.05) is 6.92 Å². The van der Waals surface area contributed by atoms with Gasteiger partial charge in [-0.05, 0) is 31.0 Å². The average Bonchev–Trinajstić information content (AvgIpc) is 2.82. The lowest BCUT2D eigenvalue weighted by Gasteiger charge is -2.16. The van der Waals surface area contributed by atoms with Crippen molar-refractivity contribution >= 4 is 12.0 Å². The molecule has 1 aromatic carbocycles. The minimum absolute atomic E-state index is 0.0242. The van der Waals surface area contributed by atoms with Gasteiger partial charge in [-0.1, -0.05) is 12.1 Å². The highest BCUT2D eigenvalue weighted by Crippen LogP contribution is 2.12. The van der Waals surface area contributed by atoms with Crippen LogP contribution in [0, 0.1) is 0 Å². The van der Waals surface area contributed by atoms with Crippen LogP contribution in [0.4, 0.5) is 4.79 Å². The molecule has 0 radical (unpaired) electrons. The van der Waals surface area contributed by atoms with Gasteiger partial charge in [-0.3, -0.25) is 0 Å². The first-order valence-corrected chi connectivity index (χ1v) is 6.54. The quantitative estimate of drug-likeness (QED) is 0.776. The number of aromatic carboxylic acids is 1. The monoisotopic (exact) mass is 278 g/mol. The summed E-state index contributed by atoms with van der Waals surface area (Å²) in [5.41, 5.74) is 0.957. The molecule has 2 rings (SSSR count). The predicted molar refractivity (Wildman–Crippen MR) is 72.6 cm³/mol. The van der Waals surface area contributed by atoms with E-state index in [1.54, 1.807) is 18.2 Å². The second kappa shape index (κ2) is 6.38. The van der Waals surface area contributed by atoms with Gasteiger partial charge in [-0.2, -0.15) is 0 Å². The highest BCUT2D eigenvalue weighted by molar-refractivity contribution is 5.87. The summed E-state index contributed by atoms with van der Waals surface area (Å²) in [6, 6.07) is 6.25. The van der Waals surface area contributed by atoms with Gasteiger partial charge >= 0.3 is 12.0 Å². The molecule has 108 valence electrons. The third-order valence-corrected chi connectivity index (χ3v) is 3.32. The van der Waals surface area contributed by atoms with Crippen LogP contribution >= 0.6 is 0 Å². The molecule has 20 heavy (non-hydrogen) atoms. The topological polar surface area (TPSA) is 87.7 Å². The van der Waals surface area contributed by atoms with Gasteiger partial charge in [0.05, 0.1) is 17.7 Å². The first-order chi connectivity index (χ1) is 9.56. The first-order valence-electron chi connectivity index (χ1n) is 6.54.